The number of esters is 1. The Labute approximate surface area is 117 Å². The molecule has 0 aliphatic rings. The van der Waals surface area contributed by atoms with Crippen LogP contribution in [-0.4, -0.2) is 16.9 Å². The Morgan fingerprint density at radius 3 is 2.47 bits per heavy atom. The van der Waals surface area contributed by atoms with Gasteiger partial charge in [-0.1, -0.05) is 5.16 Å². The van der Waals surface area contributed by atoms with Gasteiger partial charge in [0.15, 0.2) is 4.67 Å². The first-order valence-corrected chi connectivity index (χ1v) is 6.16. The second-order valence-electron chi connectivity index (χ2n) is 3.70. The third-order valence-corrected chi connectivity index (χ3v) is 2.83. The third-order valence-electron chi connectivity index (χ3n) is 2.41. The summed E-state index contributed by atoms with van der Waals surface area (Å²) in [5.74, 6) is -0.0814. The molecule has 0 unspecified atom stereocenters. The van der Waals surface area contributed by atoms with Gasteiger partial charge in [0, 0.05) is 0 Å². The minimum absolute atomic E-state index is 0.115. The summed E-state index contributed by atoms with van der Waals surface area (Å²) < 4.78 is 10.7. The number of carbonyl (C=O) groups excluding carboxylic acids is 1. The van der Waals surface area contributed by atoms with Crippen LogP contribution in [0.4, 0.5) is 0 Å². The molecule has 0 saturated heterocycles. The van der Waals surface area contributed by atoms with Crippen molar-refractivity contribution in [3.05, 3.63) is 52.4 Å². The van der Waals surface area contributed by atoms with E-state index >= 15 is 0 Å². The first-order valence-electron chi connectivity index (χ1n) is 5.37. The molecule has 1 aromatic carbocycles. The minimum atomic E-state index is -0.578. The molecule has 0 atom stereocenters. The van der Waals surface area contributed by atoms with Crippen molar-refractivity contribution in [2.75, 3.05) is 0 Å². The zero-order valence-corrected chi connectivity index (χ0v) is 11.5. The van der Waals surface area contributed by atoms with Gasteiger partial charge in [0.2, 0.25) is 5.76 Å². The van der Waals surface area contributed by atoms with E-state index in [9.17, 15) is 4.79 Å². The van der Waals surface area contributed by atoms with Crippen molar-refractivity contribution in [3.8, 4) is 5.75 Å². The number of benzene rings is 1. The van der Waals surface area contributed by atoms with Crippen LogP contribution in [0, 0.1) is 0 Å². The van der Waals surface area contributed by atoms with Gasteiger partial charge in [0.25, 0.3) is 0 Å². The lowest BCUT2D eigenvalue weighted by molar-refractivity contribution is 0.0700. The summed E-state index contributed by atoms with van der Waals surface area (Å²) in [6.07, 6.45) is 0. The number of hydrogen-bond acceptors (Lipinski definition) is 5. The van der Waals surface area contributed by atoms with E-state index in [1.807, 2.05) is 0 Å². The Bertz CT molecular complexity index is 616. The van der Waals surface area contributed by atoms with E-state index < -0.39 is 5.97 Å². The number of ether oxygens (including phenoxy) is 1. The molecule has 1 N–H and O–H groups in total. The van der Waals surface area contributed by atoms with Gasteiger partial charge in [0.05, 0.1) is 5.71 Å². The van der Waals surface area contributed by atoms with Crippen LogP contribution in [0.15, 0.2) is 50.6 Å². The van der Waals surface area contributed by atoms with E-state index in [4.69, 9.17) is 14.4 Å². The van der Waals surface area contributed by atoms with Gasteiger partial charge < -0.3 is 14.4 Å². The maximum Gasteiger partial charge on any atom is 0.379 e. The molecular weight excluding hydrogens is 314 g/mol. The smallest absolute Gasteiger partial charge is 0.379 e. The molecule has 98 valence electrons. The SMILES string of the molecule is C/C(=N/O)c1ccc(OC(=O)c2ccc(Br)o2)cc1. The number of carbonyl (C=O) groups is 1. The van der Waals surface area contributed by atoms with Crippen LogP contribution in [0.25, 0.3) is 0 Å². The summed E-state index contributed by atoms with van der Waals surface area (Å²) in [4.78, 5) is 11.7. The molecule has 0 bridgehead atoms. The Balaban J connectivity index is 2.10. The topological polar surface area (TPSA) is 72.0 Å². The van der Waals surface area contributed by atoms with Crippen LogP contribution < -0.4 is 4.74 Å². The van der Waals surface area contributed by atoms with Crippen molar-refractivity contribution >= 4 is 27.6 Å². The number of hydrogen-bond donors (Lipinski definition) is 1. The molecule has 1 aromatic heterocycles. The van der Waals surface area contributed by atoms with Crippen molar-refractivity contribution < 1.29 is 19.2 Å². The predicted octanol–water partition coefficient (Wildman–Crippen LogP) is 3.46. The molecule has 0 spiro atoms. The minimum Gasteiger partial charge on any atom is -0.442 e. The second-order valence-corrected chi connectivity index (χ2v) is 4.48. The zero-order chi connectivity index (χ0) is 13.8. The first-order chi connectivity index (χ1) is 9.10. The lowest BCUT2D eigenvalue weighted by Gasteiger charge is -2.03. The van der Waals surface area contributed by atoms with Crippen LogP contribution in [0.2, 0.25) is 0 Å². The van der Waals surface area contributed by atoms with Gasteiger partial charge in [-0.15, -0.1) is 0 Å². The molecule has 6 heteroatoms. The van der Waals surface area contributed by atoms with Crippen LogP contribution in [-0.2, 0) is 0 Å². The molecule has 0 saturated carbocycles. The average molecular weight is 324 g/mol. The molecule has 0 aliphatic carbocycles. The largest absolute Gasteiger partial charge is 0.442 e. The normalized spacial score (nSPS) is 11.4. The molecule has 0 radical (unpaired) electrons. The molecule has 0 amide bonds. The number of nitrogens with zero attached hydrogens (tertiary/aromatic N) is 1. The van der Waals surface area contributed by atoms with Gasteiger partial charge in [-0.2, -0.15) is 0 Å². The molecule has 19 heavy (non-hydrogen) atoms. The van der Waals surface area contributed by atoms with E-state index in [0.717, 1.165) is 5.56 Å². The van der Waals surface area contributed by atoms with Gasteiger partial charge in [0.1, 0.15) is 5.75 Å². The summed E-state index contributed by atoms with van der Waals surface area (Å²) in [6, 6.07) is 9.73. The van der Waals surface area contributed by atoms with Crippen LogP contribution in [0.1, 0.15) is 23.0 Å². The summed E-state index contributed by atoms with van der Waals surface area (Å²) in [7, 11) is 0. The van der Waals surface area contributed by atoms with Crippen LogP contribution >= 0.6 is 15.9 Å². The fraction of sp³-hybridized carbons (Fsp3) is 0.0769. The van der Waals surface area contributed by atoms with E-state index in [-0.39, 0.29) is 5.76 Å². The fourth-order valence-corrected chi connectivity index (χ4v) is 1.71. The van der Waals surface area contributed by atoms with E-state index in [2.05, 4.69) is 21.1 Å². The van der Waals surface area contributed by atoms with E-state index in [1.165, 1.54) is 6.07 Å². The highest BCUT2D eigenvalue weighted by atomic mass is 79.9. The summed E-state index contributed by atoms with van der Waals surface area (Å²) in [6.45, 7) is 1.67. The van der Waals surface area contributed by atoms with E-state index in [1.54, 1.807) is 37.3 Å². The molecule has 2 aromatic rings. The highest BCUT2D eigenvalue weighted by Gasteiger charge is 2.13. The van der Waals surface area contributed by atoms with Crippen molar-refractivity contribution in [2.45, 2.75) is 6.92 Å². The van der Waals surface area contributed by atoms with Gasteiger partial charge in [-0.3, -0.25) is 0 Å². The Kier molecular flexibility index (Phi) is 4.01. The van der Waals surface area contributed by atoms with Gasteiger partial charge in [-0.25, -0.2) is 4.79 Å². The van der Waals surface area contributed by atoms with Crippen molar-refractivity contribution in [2.24, 2.45) is 5.16 Å². The number of halogens is 1. The summed E-state index contributed by atoms with van der Waals surface area (Å²) in [5, 5.41) is 11.7. The predicted molar refractivity (Wildman–Crippen MR) is 71.8 cm³/mol. The second kappa shape index (κ2) is 5.71. The van der Waals surface area contributed by atoms with Crippen molar-refractivity contribution in [3.63, 3.8) is 0 Å². The highest BCUT2D eigenvalue weighted by molar-refractivity contribution is 9.10. The highest BCUT2D eigenvalue weighted by Crippen LogP contribution is 2.18. The molecule has 5 nitrogen and oxygen atoms in total. The lowest BCUT2D eigenvalue weighted by Crippen LogP contribution is -2.07. The molecule has 2 rings (SSSR count). The summed E-state index contributed by atoms with van der Waals surface area (Å²) >= 11 is 3.11. The molecule has 0 aliphatic heterocycles. The standard InChI is InChI=1S/C13H10BrNO4/c1-8(15-17)9-2-4-10(5-3-9)18-13(16)11-6-7-12(14)19-11/h2-7,17H,1H3/b15-8-. The quantitative estimate of drug-likeness (QED) is 0.308. The van der Waals surface area contributed by atoms with Crippen LogP contribution in [0.3, 0.4) is 0 Å². The van der Waals surface area contributed by atoms with Gasteiger partial charge >= 0.3 is 5.97 Å². The number of oxime groups is 1. The molecule has 1 heterocycles. The average Bonchev–Trinajstić information content (AvgIpc) is 2.85. The van der Waals surface area contributed by atoms with Crippen molar-refractivity contribution in [1.29, 1.82) is 0 Å². The van der Waals surface area contributed by atoms with Crippen LogP contribution in [0.5, 0.6) is 5.75 Å². The third kappa shape index (κ3) is 3.23. The van der Waals surface area contributed by atoms with Crippen molar-refractivity contribution in [1.82, 2.24) is 0 Å². The number of furan rings is 1. The number of rotatable bonds is 3. The lowest BCUT2D eigenvalue weighted by atomic mass is 10.1. The Morgan fingerprint density at radius 1 is 1.26 bits per heavy atom. The first kappa shape index (κ1) is 13.4. The van der Waals surface area contributed by atoms with Gasteiger partial charge in [-0.05, 0) is 64.8 Å². The molecule has 0 fully saturated rings. The zero-order valence-electron chi connectivity index (χ0n) is 9.96. The Hall–Kier alpha value is -2.08. The Morgan fingerprint density at radius 2 is 1.95 bits per heavy atom. The fourth-order valence-electron chi connectivity index (χ4n) is 1.40. The van der Waals surface area contributed by atoms with E-state index in [0.29, 0.717) is 16.1 Å². The summed E-state index contributed by atoms with van der Waals surface area (Å²) in [5.41, 5.74) is 1.22. The maximum absolute atomic E-state index is 11.7. The maximum atomic E-state index is 11.7. The monoisotopic (exact) mass is 323 g/mol. The molecular formula is C13H10BrNO4.